The molecule has 0 radical (unpaired) electrons. The fourth-order valence-corrected chi connectivity index (χ4v) is 4.50. The number of likely N-dealkylation sites (N-methyl/N-ethyl adjacent to an activating group) is 1. The van der Waals surface area contributed by atoms with Crippen molar-refractivity contribution in [2.75, 3.05) is 18.9 Å². The number of rotatable bonds is 9. The Bertz CT molecular complexity index is 1410. The predicted octanol–water partition coefficient (Wildman–Crippen LogP) is 5.33. The van der Waals surface area contributed by atoms with Gasteiger partial charge in [0.2, 0.25) is 0 Å². The fraction of sp³-hybridized carbons (Fsp3) is 0.296. The molecule has 2 amide bonds. The van der Waals surface area contributed by atoms with E-state index >= 15 is 0 Å². The number of aliphatic imine (C=N–C) groups is 1. The molecule has 2 heterocycles. The SMILES string of the molecule is CCC(N=C/C(=C\N)C(=O)N(C)CCCC1OC(=O)Nc2ccc(Cl)c(F)c21)c1ccc2ncncc2c1. The number of hydrogen-bond acceptors (Lipinski definition) is 7. The average Bonchev–Trinajstić information content (AvgIpc) is 2.92. The number of fused-ring (bicyclic) bond motifs is 2. The van der Waals surface area contributed by atoms with E-state index in [-0.39, 0.29) is 28.1 Å². The second-order valence-electron chi connectivity index (χ2n) is 8.88. The molecule has 0 aliphatic carbocycles. The molecule has 0 bridgehead atoms. The number of halogens is 2. The van der Waals surface area contributed by atoms with Gasteiger partial charge >= 0.3 is 6.09 Å². The molecule has 1 aromatic heterocycles. The third-order valence-electron chi connectivity index (χ3n) is 6.37. The van der Waals surface area contributed by atoms with Crippen LogP contribution in [-0.4, -0.2) is 46.7 Å². The van der Waals surface area contributed by atoms with Crippen LogP contribution < -0.4 is 11.1 Å². The molecule has 38 heavy (non-hydrogen) atoms. The molecular formula is C27H28ClFN6O3. The normalized spacial score (nSPS) is 16.2. The van der Waals surface area contributed by atoms with Gasteiger partial charge < -0.3 is 15.4 Å². The van der Waals surface area contributed by atoms with Gasteiger partial charge in [0.05, 0.1) is 33.4 Å². The summed E-state index contributed by atoms with van der Waals surface area (Å²) in [5.41, 5.74) is 8.35. The zero-order valence-corrected chi connectivity index (χ0v) is 21.8. The third kappa shape index (κ3) is 5.91. The zero-order valence-electron chi connectivity index (χ0n) is 21.0. The quantitative estimate of drug-likeness (QED) is 0.280. The van der Waals surface area contributed by atoms with Crippen molar-refractivity contribution in [2.45, 2.75) is 38.3 Å². The predicted molar refractivity (Wildman–Crippen MR) is 144 cm³/mol. The minimum absolute atomic E-state index is 0.0554. The number of nitrogens with two attached hydrogens (primary N) is 1. The van der Waals surface area contributed by atoms with Crippen molar-refractivity contribution in [2.24, 2.45) is 10.7 Å². The molecule has 2 atom stereocenters. The summed E-state index contributed by atoms with van der Waals surface area (Å²) >= 11 is 5.92. The highest BCUT2D eigenvalue weighted by atomic mass is 35.5. The molecular weight excluding hydrogens is 511 g/mol. The number of aromatic nitrogens is 2. The fourth-order valence-electron chi connectivity index (χ4n) is 4.33. The maximum absolute atomic E-state index is 14.6. The summed E-state index contributed by atoms with van der Waals surface area (Å²) in [7, 11) is 1.64. The lowest BCUT2D eigenvalue weighted by atomic mass is 10.0. The lowest BCUT2D eigenvalue weighted by molar-refractivity contribution is -0.125. The lowest BCUT2D eigenvalue weighted by Crippen LogP contribution is -2.31. The summed E-state index contributed by atoms with van der Waals surface area (Å²) in [5.74, 6) is -0.942. The third-order valence-corrected chi connectivity index (χ3v) is 6.66. The Morgan fingerprint density at radius 3 is 2.95 bits per heavy atom. The highest BCUT2D eigenvalue weighted by Crippen LogP contribution is 2.38. The summed E-state index contributed by atoms with van der Waals surface area (Å²) < 4.78 is 19.9. The molecule has 4 rings (SSSR count). The van der Waals surface area contributed by atoms with Gasteiger partial charge in [0.25, 0.3) is 5.91 Å². The molecule has 9 nitrogen and oxygen atoms in total. The van der Waals surface area contributed by atoms with Gasteiger partial charge in [-0.3, -0.25) is 15.1 Å². The molecule has 3 N–H and O–H groups in total. The van der Waals surface area contributed by atoms with Crippen molar-refractivity contribution >= 4 is 46.4 Å². The van der Waals surface area contributed by atoms with Crippen molar-refractivity contribution in [3.05, 3.63) is 76.6 Å². The molecule has 1 aliphatic rings. The highest BCUT2D eigenvalue weighted by Gasteiger charge is 2.30. The van der Waals surface area contributed by atoms with Crippen LogP contribution in [0.25, 0.3) is 10.9 Å². The second kappa shape index (κ2) is 12.0. The van der Waals surface area contributed by atoms with Gasteiger partial charge in [0.1, 0.15) is 12.4 Å². The van der Waals surface area contributed by atoms with E-state index in [9.17, 15) is 14.0 Å². The zero-order chi connectivity index (χ0) is 27.2. The number of ether oxygens (including phenoxy) is 1. The van der Waals surface area contributed by atoms with Crippen molar-refractivity contribution in [1.82, 2.24) is 14.9 Å². The maximum Gasteiger partial charge on any atom is 0.412 e. The van der Waals surface area contributed by atoms with Crippen molar-refractivity contribution in [1.29, 1.82) is 0 Å². The Hall–Kier alpha value is -4.05. The van der Waals surface area contributed by atoms with Crippen LogP contribution in [0.15, 0.2) is 59.6 Å². The first-order chi connectivity index (χ1) is 18.3. The highest BCUT2D eigenvalue weighted by molar-refractivity contribution is 6.31. The number of nitrogens with zero attached hydrogens (tertiary/aromatic N) is 4. The molecule has 3 aromatic rings. The van der Waals surface area contributed by atoms with Crippen molar-refractivity contribution in [3.8, 4) is 0 Å². The van der Waals surface area contributed by atoms with E-state index in [0.29, 0.717) is 31.5 Å². The van der Waals surface area contributed by atoms with Crippen LogP contribution in [0.5, 0.6) is 0 Å². The van der Waals surface area contributed by atoms with E-state index in [1.165, 1.54) is 35.8 Å². The summed E-state index contributed by atoms with van der Waals surface area (Å²) in [6.45, 7) is 2.33. The van der Waals surface area contributed by atoms with Gasteiger partial charge in [0.15, 0.2) is 5.82 Å². The Morgan fingerprint density at radius 2 is 2.18 bits per heavy atom. The van der Waals surface area contributed by atoms with Gasteiger partial charge in [0, 0.05) is 37.6 Å². The molecule has 11 heteroatoms. The van der Waals surface area contributed by atoms with Crippen molar-refractivity contribution < 1.29 is 18.7 Å². The monoisotopic (exact) mass is 538 g/mol. The molecule has 2 unspecified atom stereocenters. The Morgan fingerprint density at radius 1 is 1.37 bits per heavy atom. The lowest BCUT2D eigenvalue weighted by Gasteiger charge is -2.27. The standard InChI is InChI=1S/C27H28ClFN6O3/c1-3-20(16-6-8-21-17(11-16)13-31-15-33-21)32-14-18(12-30)26(36)35(2)10-4-5-23-24-22(34-27(37)38-23)9-7-19(28)25(24)29/h6-9,11-15,20,23H,3-5,10,30H2,1-2H3,(H,34,37)/b18-12+,32-14?. The maximum atomic E-state index is 14.6. The first kappa shape index (κ1) is 27.0. The number of hydrogen-bond donors (Lipinski definition) is 2. The van der Waals surface area contributed by atoms with Crippen LogP contribution in [0.2, 0.25) is 5.02 Å². The van der Waals surface area contributed by atoms with E-state index in [1.54, 1.807) is 13.2 Å². The van der Waals surface area contributed by atoms with Crippen LogP contribution in [0.3, 0.4) is 0 Å². The Labute approximate surface area is 224 Å². The summed E-state index contributed by atoms with van der Waals surface area (Å²) in [4.78, 5) is 39.3. The molecule has 1 aliphatic heterocycles. The molecule has 2 aromatic carbocycles. The summed E-state index contributed by atoms with van der Waals surface area (Å²) in [6, 6.07) is 8.61. The topological polar surface area (TPSA) is 123 Å². The van der Waals surface area contributed by atoms with Crippen molar-refractivity contribution in [3.63, 3.8) is 0 Å². The second-order valence-corrected chi connectivity index (χ2v) is 9.28. The number of cyclic esters (lactones) is 1. The number of carbonyl (C=O) groups excluding carboxylic acids is 2. The van der Waals surface area contributed by atoms with Crippen LogP contribution in [0.1, 0.15) is 49.5 Å². The van der Waals surface area contributed by atoms with Gasteiger partial charge in [-0.2, -0.15) is 0 Å². The van der Waals surface area contributed by atoms with Crippen LogP contribution >= 0.6 is 11.6 Å². The number of amides is 2. The molecule has 0 fully saturated rings. The average molecular weight is 539 g/mol. The Kier molecular flexibility index (Phi) is 8.52. The molecule has 0 saturated heterocycles. The van der Waals surface area contributed by atoms with Crippen LogP contribution in [0.4, 0.5) is 14.9 Å². The largest absolute Gasteiger partial charge is 0.441 e. The van der Waals surface area contributed by atoms with Gasteiger partial charge in [-0.1, -0.05) is 24.6 Å². The summed E-state index contributed by atoms with van der Waals surface area (Å²) in [5, 5.41) is 3.33. The Balaban J connectivity index is 1.38. The van der Waals surface area contributed by atoms with Crippen LogP contribution in [-0.2, 0) is 9.53 Å². The number of anilines is 1. The first-order valence-electron chi connectivity index (χ1n) is 12.2. The van der Waals surface area contributed by atoms with Crippen LogP contribution in [0, 0.1) is 5.82 Å². The smallest absolute Gasteiger partial charge is 0.412 e. The molecule has 198 valence electrons. The minimum atomic E-state index is -0.815. The van der Waals surface area contributed by atoms with Gasteiger partial charge in [-0.05, 0) is 49.1 Å². The minimum Gasteiger partial charge on any atom is -0.441 e. The van der Waals surface area contributed by atoms with E-state index in [0.717, 1.165) is 16.5 Å². The number of carbonyl (C=O) groups is 2. The van der Waals surface area contributed by atoms with Gasteiger partial charge in [-0.15, -0.1) is 0 Å². The molecule has 0 saturated carbocycles. The van der Waals surface area contributed by atoms with E-state index < -0.39 is 18.0 Å². The van der Waals surface area contributed by atoms with E-state index in [2.05, 4.69) is 20.3 Å². The molecule has 0 spiro atoms. The van der Waals surface area contributed by atoms with Gasteiger partial charge in [-0.25, -0.2) is 19.2 Å². The number of nitrogens with one attached hydrogen (secondary N) is 1. The summed E-state index contributed by atoms with van der Waals surface area (Å²) in [6.07, 6.45) is 5.95. The first-order valence-corrected chi connectivity index (χ1v) is 12.6. The van der Waals surface area contributed by atoms with E-state index in [4.69, 9.17) is 22.1 Å². The number of benzene rings is 2. The van der Waals surface area contributed by atoms with E-state index in [1.807, 2.05) is 25.1 Å².